The van der Waals surface area contributed by atoms with E-state index in [9.17, 15) is 0 Å². The van der Waals surface area contributed by atoms with Crippen LogP contribution in [0.3, 0.4) is 0 Å². The lowest BCUT2D eigenvalue weighted by Crippen LogP contribution is -2.38. The van der Waals surface area contributed by atoms with Crippen molar-refractivity contribution in [2.45, 2.75) is 40.3 Å². The Labute approximate surface area is 207 Å². The number of ether oxygens (including phenoxy) is 2. The third-order valence-electron chi connectivity index (χ3n) is 5.02. The van der Waals surface area contributed by atoms with Gasteiger partial charge in [0.15, 0.2) is 17.5 Å². The Morgan fingerprint density at radius 1 is 1.06 bits per heavy atom. The zero-order chi connectivity index (χ0) is 22.2. The van der Waals surface area contributed by atoms with Crippen LogP contribution in [0.1, 0.15) is 45.1 Å². The van der Waals surface area contributed by atoms with Crippen LogP contribution in [0.25, 0.3) is 11.0 Å². The molecule has 1 aromatic heterocycles. The minimum absolute atomic E-state index is 0. The van der Waals surface area contributed by atoms with E-state index >= 15 is 0 Å². The molecule has 0 saturated carbocycles. The summed E-state index contributed by atoms with van der Waals surface area (Å²) < 4.78 is 13.5. The Hall–Kier alpha value is -2.49. The van der Waals surface area contributed by atoms with Gasteiger partial charge < -0.3 is 24.7 Å². The van der Waals surface area contributed by atoms with Crippen molar-refractivity contribution in [1.29, 1.82) is 0 Å². The monoisotopic (exact) mass is 551 g/mol. The lowest BCUT2D eigenvalue weighted by molar-refractivity contribution is 0.287. The summed E-state index contributed by atoms with van der Waals surface area (Å²) in [6.45, 7) is 10.6. The van der Waals surface area contributed by atoms with Crippen molar-refractivity contribution < 1.29 is 9.47 Å². The number of imidazole rings is 1. The molecule has 0 bridgehead atoms. The molecule has 3 aromatic rings. The zero-order valence-corrected chi connectivity index (χ0v) is 21.8. The third-order valence-corrected chi connectivity index (χ3v) is 5.02. The number of hydrogen-bond acceptors (Lipinski definition) is 4. The number of rotatable bonds is 9. The number of aromatic nitrogens is 2. The molecule has 8 heteroatoms. The Balaban J connectivity index is 0.00000363. The van der Waals surface area contributed by atoms with E-state index < -0.39 is 0 Å². The largest absolute Gasteiger partial charge is 0.490 e. The molecule has 0 aliphatic rings. The number of halogens is 1. The molecule has 0 aliphatic heterocycles. The summed E-state index contributed by atoms with van der Waals surface area (Å²) in [7, 11) is 2.03. The molecule has 2 aromatic carbocycles. The van der Waals surface area contributed by atoms with Gasteiger partial charge in [-0.2, -0.15) is 0 Å². The maximum atomic E-state index is 5.77. The summed E-state index contributed by atoms with van der Waals surface area (Å²) in [5.74, 6) is 3.19. The maximum Gasteiger partial charge on any atom is 0.192 e. The molecule has 0 radical (unpaired) electrons. The third kappa shape index (κ3) is 6.27. The minimum atomic E-state index is 0. The van der Waals surface area contributed by atoms with Crippen LogP contribution >= 0.6 is 24.0 Å². The Morgan fingerprint density at radius 2 is 1.78 bits per heavy atom. The lowest BCUT2D eigenvalue weighted by Gasteiger charge is -2.20. The second kappa shape index (κ2) is 12.5. The molecule has 0 aliphatic carbocycles. The topological polar surface area (TPSA) is 72.7 Å². The SMILES string of the molecule is CCNC(=NCc1nc2ccccc2n1C)NC(C)c1ccc(OCC)c(OCC)c1.I. The van der Waals surface area contributed by atoms with Crippen molar-refractivity contribution in [3.63, 3.8) is 0 Å². The van der Waals surface area contributed by atoms with Crippen LogP contribution in [-0.4, -0.2) is 35.3 Å². The summed E-state index contributed by atoms with van der Waals surface area (Å²) in [6.07, 6.45) is 0. The molecule has 0 saturated heterocycles. The van der Waals surface area contributed by atoms with Crippen LogP contribution in [0, 0.1) is 0 Å². The molecule has 32 heavy (non-hydrogen) atoms. The number of guanidine groups is 1. The van der Waals surface area contributed by atoms with Gasteiger partial charge in [-0.1, -0.05) is 18.2 Å². The van der Waals surface area contributed by atoms with E-state index in [0.29, 0.717) is 19.8 Å². The molecule has 3 rings (SSSR count). The molecule has 2 N–H and O–H groups in total. The van der Waals surface area contributed by atoms with E-state index in [2.05, 4.69) is 41.2 Å². The van der Waals surface area contributed by atoms with Crippen LogP contribution in [0.4, 0.5) is 0 Å². The first-order valence-corrected chi connectivity index (χ1v) is 10.9. The second-order valence-electron chi connectivity index (χ2n) is 7.21. The number of aliphatic imine (C=N–C) groups is 1. The van der Waals surface area contributed by atoms with Gasteiger partial charge in [-0.05, 0) is 57.5 Å². The zero-order valence-electron chi connectivity index (χ0n) is 19.5. The summed E-state index contributed by atoms with van der Waals surface area (Å²) in [5, 5.41) is 6.81. The van der Waals surface area contributed by atoms with E-state index in [0.717, 1.165) is 46.4 Å². The van der Waals surface area contributed by atoms with Crippen molar-refractivity contribution in [2.24, 2.45) is 12.0 Å². The lowest BCUT2D eigenvalue weighted by atomic mass is 10.1. The molecule has 1 heterocycles. The minimum Gasteiger partial charge on any atom is -0.490 e. The fourth-order valence-corrected chi connectivity index (χ4v) is 3.43. The predicted octanol–water partition coefficient (Wildman–Crippen LogP) is 4.81. The van der Waals surface area contributed by atoms with Crippen LogP contribution < -0.4 is 20.1 Å². The fraction of sp³-hybridized carbons (Fsp3) is 0.417. The maximum absolute atomic E-state index is 5.77. The smallest absolute Gasteiger partial charge is 0.192 e. The Bertz CT molecular complexity index is 1030. The van der Waals surface area contributed by atoms with Gasteiger partial charge in [-0.15, -0.1) is 24.0 Å². The molecule has 1 atom stereocenters. The summed E-state index contributed by atoms with van der Waals surface area (Å²) in [5.41, 5.74) is 3.19. The molecule has 7 nitrogen and oxygen atoms in total. The normalized spacial score (nSPS) is 12.2. The molecule has 0 amide bonds. The highest BCUT2D eigenvalue weighted by Gasteiger charge is 2.13. The molecular formula is C24H34IN5O2. The predicted molar refractivity (Wildman–Crippen MR) is 141 cm³/mol. The van der Waals surface area contributed by atoms with Crippen molar-refractivity contribution >= 4 is 41.0 Å². The first-order valence-electron chi connectivity index (χ1n) is 10.9. The summed E-state index contributed by atoms with van der Waals surface area (Å²) in [4.78, 5) is 9.48. The van der Waals surface area contributed by atoms with Crippen LogP contribution in [-0.2, 0) is 13.6 Å². The first kappa shape index (κ1) is 25.8. The van der Waals surface area contributed by atoms with E-state index in [1.165, 1.54) is 0 Å². The van der Waals surface area contributed by atoms with Crippen LogP contribution in [0.5, 0.6) is 11.5 Å². The molecular weight excluding hydrogens is 517 g/mol. The highest BCUT2D eigenvalue weighted by molar-refractivity contribution is 14.0. The average molecular weight is 551 g/mol. The first-order chi connectivity index (χ1) is 15.1. The van der Waals surface area contributed by atoms with E-state index in [4.69, 9.17) is 19.5 Å². The van der Waals surface area contributed by atoms with Gasteiger partial charge in [-0.3, -0.25) is 0 Å². The van der Waals surface area contributed by atoms with Crippen molar-refractivity contribution in [3.8, 4) is 11.5 Å². The van der Waals surface area contributed by atoms with Gasteiger partial charge in [0, 0.05) is 13.6 Å². The number of nitrogens with one attached hydrogen (secondary N) is 2. The Morgan fingerprint density at radius 3 is 2.47 bits per heavy atom. The van der Waals surface area contributed by atoms with Gasteiger partial charge in [0.05, 0.1) is 30.3 Å². The number of fused-ring (bicyclic) bond motifs is 1. The van der Waals surface area contributed by atoms with E-state index in [1.807, 2.05) is 51.2 Å². The second-order valence-corrected chi connectivity index (χ2v) is 7.21. The average Bonchev–Trinajstić information content (AvgIpc) is 3.09. The number of para-hydroxylation sites is 2. The summed E-state index contributed by atoms with van der Waals surface area (Å²) >= 11 is 0. The van der Waals surface area contributed by atoms with E-state index in [-0.39, 0.29) is 30.0 Å². The quantitative estimate of drug-likeness (QED) is 0.227. The van der Waals surface area contributed by atoms with Gasteiger partial charge >= 0.3 is 0 Å². The van der Waals surface area contributed by atoms with Crippen molar-refractivity contribution in [2.75, 3.05) is 19.8 Å². The number of benzene rings is 2. The van der Waals surface area contributed by atoms with Gasteiger partial charge in [0.1, 0.15) is 12.4 Å². The van der Waals surface area contributed by atoms with Crippen LogP contribution in [0.15, 0.2) is 47.5 Å². The fourth-order valence-electron chi connectivity index (χ4n) is 3.43. The van der Waals surface area contributed by atoms with Gasteiger partial charge in [0.25, 0.3) is 0 Å². The molecule has 174 valence electrons. The highest BCUT2D eigenvalue weighted by atomic mass is 127. The van der Waals surface area contributed by atoms with Gasteiger partial charge in [-0.25, -0.2) is 9.98 Å². The Kier molecular flexibility index (Phi) is 10.1. The number of aryl methyl sites for hydroxylation is 1. The molecule has 0 spiro atoms. The van der Waals surface area contributed by atoms with Crippen LogP contribution in [0.2, 0.25) is 0 Å². The number of nitrogens with zero attached hydrogens (tertiary/aromatic N) is 3. The highest BCUT2D eigenvalue weighted by Crippen LogP contribution is 2.30. The molecule has 1 unspecified atom stereocenters. The standard InChI is InChI=1S/C24H33N5O2.HI/c1-6-25-24(26-16-23-28-19-11-9-10-12-20(19)29(23)5)27-17(4)18-13-14-21(30-7-2)22(15-18)31-8-3;/h9-15,17H,6-8,16H2,1-5H3,(H2,25,26,27);1H. The van der Waals surface area contributed by atoms with Crippen molar-refractivity contribution in [1.82, 2.24) is 20.2 Å². The molecule has 0 fully saturated rings. The van der Waals surface area contributed by atoms with Gasteiger partial charge in [0.2, 0.25) is 0 Å². The van der Waals surface area contributed by atoms with Crippen molar-refractivity contribution in [3.05, 3.63) is 53.9 Å². The number of hydrogen-bond donors (Lipinski definition) is 2. The summed E-state index contributed by atoms with van der Waals surface area (Å²) in [6, 6.07) is 14.2. The van der Waals surface area contributed by atoms with E-state index in [1.54, 1.807) is 0 Å².